The van der Waals surface area contributed by atoms with Crippen LogP contribution in [0.15, 0.2) is 218 Å². The van der Waals surface area contributed by atoms with Crippen LogP contribution in [0.25, 0.3) is 0 Å². The van der Waals surface area contributed by atoms with Gasteiger partial charge in [-0.2, -0.15) is 78.9 Å². The van der Waals surface area contributed by atoms with Crippen LogP contribution in [0, 0.1) is 0 Å². The van der Waals surface area contributed by atoms with Crippen LogP contribution in [0.2, 0.25) is 0 Å². The Bertz CT molecular complexity index is 1720. The molecule has 9 nitrogen and oxygen atoms in total. The zero-order valence-corrected chi connectivity index (χ0v) is 40.3. The fraction of sp³-hybridized carbons (Fsp3) is 0.176. The summed E-state index contributed by atoms with van der Waals surface area (Å²) in [5, 5.41) is 29.3. The van der Waals surface area contributed by atoms with E-state index in [1.54, 1.807) is 4.90 Å². The molecule has 0 aliphatic rings. The number of carboxylic acid groups (broad SMARTS) is 1. The third-order valence-electron chi connectivity index (χ3n) is 8.44. The molecule has 0 unspecified atom stereocenters. The molecule has 0 saturated carbocycles. The molecular formula is C51H60Fe4N4O5-12. The largest absolute Gasteiger partial charge is 0.748 e. The van der Waals surface area contributed by atoms with Gasteiger partial charge in [0.05, 0.1) is 13.1 Å². The summed E-state index contributed by atoms with van der Waals surface area (Å²) < 4.78 is 0. The van der Waals surface area contributed by atoms with Crippen LogP contribution in [-0.4, -0.2) is 52.1 Å². The number of unbranched alkanes of at least 4 members (excludes halogenated alkanes) is 3. The van der Waals surface area contributed by atoms with Crippen LogP contribution < -0.4 is 16.1 Å². The molecule has 0 radical (unpaired) electrons. The first-order valence-electron chi connectivity index (χ1n) is 20.0. The fourth-order valence-electron chi connectivity index (χ4n) is 5.52. The molecule has 13 heteroatoms. The molecule has 0 aliphatic carbocycles. The van der Waals surface area contributed by atoms with Crippen molar-refractivity contribution in [2.24, 2.45) is 5.90 Å². The smallest absolute Gasteiger partial charge is 0.320 e. The molecule has 0 fully saturated rings. The van der Waals surface area contributed by atoms with Gasteiger partial charge in [-0.15, -0.1) is 34.6 Å². The first kappa shape index (κ1) is 63.7. The minimum atomic E-state index is -0.836. The van der Waals surface area contributed by atoms with Crippen molar-refractivity contribution >= 4 is 23.3 Å². The second-order valence-corrected chi connectivity index (χ2v) is 12.9. The van der Waals surface area contributed by atoms with Gasteiger partial charge < -0.3 is 50.9 Å². The molecule has 64 heavy (non-hydrogen) atoms. The van der Waals surface area contributed by atoms with Crippen LogP contribution in [0.1, 0.15) is 49.8 Å². The Hall–Kier alpha value is -4.54. The molecule has 358 valence electrons. The maximum absolute atomic E-state index is 12.1. The SMILES string of the molecule is CCCCCCN(O)C(=O)CNC([c-]1cccc1)[c-]1cccc1.NO.O=C(O)CN([c-]1cccc1)[c-]1cccc1.[Fe].[Fe].[Fe].[Fe].[cH-]1[cH-][cH-][cH-][cH-]1.c1cc[cH-]c1.c1cc[cH-]c1.c1cc[cH-]c1. The van der Waals surface area contributed by atoms with Gasteiger partial charge in [0.1, 0.15) is 0 Å². The van der Waals surface area contributed by atoms with Crippen LogP contribution in [0.3, 0.4) is 0 Å². The van der Waals surface area contributed by atoms with Gasteiger partial charge in [-0.25, -0.2) is 83.8 Å². The summed E-state index contributed by atoms with van der Waals surface area (Å²) in [4.78, 5) is 24.6. The number of rotatable bonds is 14. The molecule has 0 atom stereocenters. The van der Waals surface area contributed by atoms with Crippen molar-refractivity contribution in [3.63, 3.8) is 0 Å². The Morgan fingerprint density at radius 1 is 0.562 bits per heavy atom. The third-order valence-corrected chi connectivity index (χ3v) is 8.44. The monoisotopic (exact) mass is 1030 g/mol. The topological polar surface area (TPSA) is 139 Å². The third kappa shape index (κ3) is 29.8. The summed E-state index contributed by atoms with van der Waals surface area (Å²) >= 11 is 0. The quantitative estimate of drug-likeness (QED) is 0.0239. The van der Waals surface area contributed by atoms with E-state index >= 15 is 0 Å². The number of carbonyl (C=O) groups excluding carboxylic acids is 1. The first-order chi connectivity index (χ1) is 29.5. The molecule has 1 amide bonds. The number of hydrogen-bond acceptors (Lipinski definition) is 7. The van der Waals surface area contributed by atoms with Crippen LogP contribution in [0.4, 0.5) is 11.4 Å². The second-order valence-electron chi connectivity index (χ2n) is 12.9. The van der Waals surface area contributed by atoms with Gasteiger partial charge >= 0.3 is 5.97 Å². The fourth-order valence-corrected chi connectivity index (χ4v) is 5.52. The van der Waals surface area contributed by atoms with E-state index in [1.165, 1.54) is 0 Å². The van der Waals surface area contributed by atoms with Gasteiger partial charge in [0, 0.05) is 74.8 Å². The normalized spacial score (nSPS) is 8.95. The molecule has 0 bridgehead atoms. The van der Waals surface area contributed by atoms with Crippen molar-refractivity contribution in [3.8, 4) is 0 Å². The Morgan fingerprint density at radius 2 is 0.906 bits per heavy atom. The Kier molecular flexibility index (Phi) is 43.5. The van der Waals surface area contributed by atoms with Gasteiger partial charge in [-0.05, 0) is 12.5 Å². The van der Waals surface area contributed by atoms with Gasteiger partial charge in [0.2, 0.25) is 0 Å². The summed E-state index contributed by atoms with van der Waals surface area (Å²) in [7, 11) is 0. The molecule has 0 aliphatic heterocycles. The minimum Gasteiger partial charge on any atom is -0.748 e. The summed E-state index contributed by atoms with van der Waals surface area (Å²) in [6.07, 6.45) is 4.15. The summed E-state index contributed by atoms with van der Waals surface area (Å²) in [6, 6.07) is 71.2. The van der Waals surface area contributed by atoms with Crippen molar-refractivity contribution in [1.29, 1.82) is 0 Å². The summed E-state index contributed by atoms with van der Waals surface area (Å²) in [5.74, 6) is 2.38. The van der Waals surface area contributed by atoms with E-state index in [-0.39, 0.29) is 93.3 Å². The Labute approximate surface area is 422 Å². The van der Waals surface area contributed by atoms with Gasteiger partial charge in [0.25, 0.3) is 5.91 Å². The molecule has 8 aromatic carbocycles. The predicted molar refractivity (Wildman–Crippen MR) is 244 cm³/mol. The Morgan fingerprint density at radius 3 is 1.20 bits per heavy atom. The number of nitrogens with one attached hydrogen (secondary N) is 1. The van der Waals surface area contributed by atoms with Crippen molar-refractivity contribution in [1.82, 2.24) is 10.4 Å². The van der Waals surface area contributed by atoms with Crippen molar-refractivity contribution in [2.45, 2.75) is 38.6 Å². The van der Waals surface area contributed by atoms with Crippen molar-refractivity contribution in [3.05, 3.63) is 230 Å². The summed E-state index contributed by atoms with van der Waals surface area (Å²) in [6.45, 7) is 2.64. The minimum absolute atomic E-state index is 0. The molecule has 0 heterocycles. The molecule has 0 saturated heterocycles. The van der Waals surface area contributed by atoms with E-state index in [0.29, 0.717) is 6.54 Å². The first-order valence-corrected chi connectivity index (χ1v) is 20.0. The zero-order chi connectivity index (χ0) is 43.3. The van der Waals surface area contributed by atoms with E-state index in [9.17, 15) is 14.8 Å². The number of anilines is 2. The van der Waals surface area contributed by atoms with E-state index in [4.69, 9.17) is 10.3 Å². The zero-order valence-electron chi connectivity index (χ0n) is 35.9. The van der Waals surface area contributed by atoms with E-state index in [2.05, 4.69) is 18.1 Å². The maximum Gasteiger partial charge on any atom is 0.320 e. The number of nitrogens with two attached hydrogens (primary N) is 1. The molecule has 8 aromatic rings. The predicted octanol–water partition coefficient (Wildman–Crippen LogP) is 10.9. The number of carbonyl (C=O) groups is 2. The average molecular weight is 1030 g/mol. The Balaban J connectivity index is -0.000000773. The van der Waals surface area contributed by atoms with Gasteiger partial charge in [-0.3, -0.25) is 26.9 Å². The van der Waals surface area contributed by atoms with E-state index in [0.717, 1.165) is 53.2 Å². The van der Waals surface area contributed by atoms with E-state index in [1.807, 2.05) is 218 Å². The molecule has 0 spiro atoms. The number of nitrogens with zero attached hydrogens (tertiary/aromatic N) is 2. The number of aliphatic carboxylic acids is 1. The van der Waals surface area contributed by atoms with Crippen LogP contribution in [0.5, 0.6) is 0 Å². The van der Waals surface area contributed by atoms with Crippen molar-refractivity contribution < 1.29 is 93.4 Å². The number of hydroxylamine groups is 2. The standard InChI is InChI=1S/C19H26N2O2.C12H11NO2.4C5H5.4Fe.H3NO/c1-2-3-4-9-14-21(23)18(22)15-20-19(16-10-5-6-11-16)17-12-7-8-13-17;14-12(15)9-13(10-5-1-2-6-10)11-7-3-4-8-11;4*1-2-4-5-3-1;;;;;1-2/h5-8,10-13,19-20,23H,2-4,9,14-15H2,1H3;1-8H,9H2,(H,14,15);4*1-5H;;;;;2H,1H2/q2*-2;-5;3*-1;;;;;. The second kappa shape index (κ2) is 43.7. The molecule has 6 N–H and O–H groups in total. The summed E-state index contributed by atoms with van der Waals surface area (Å²) in [5.41, 5.74) is 4.06. The molecule has 8 rings (SSSR count). The van der Waals surface area contributed by atoms with Gasteiger partial charge in [0.15, 0.2) is 0 Å². The van der Waals surface area contributed by atoms with Crippen LogP contribution in [-0.2, 0) is 77.9 Å². The number of carboxylic acids is 1. The van der Waals surface area contributed by atoms with Gasteiger partial charge in [-0.1, -0.05) is 38.3 Å². The van der Waals surface area contributed by atoms with E-state index < -0.39 is 5.97 Å². The number of hydrogen-bond donors (Lipinski definition) is 5. The van der Waals surface area contributed by atoms with Crippen molar-refractivity contribution in [2.75, 3.05) is 24.5 Å². The number of amides is 1. The maximum atomic E-state index is 12.1. The molecule has 0 aromatic heterocycles. The average Bonchev–Trinajstić information content (AvgIpc) is 4.14. The molecular weight excluding hydrogens is 972 g/mol. The van der Waals surface area contributed by atoms with Crippen LogP contribution >= 0.6 is 0 Å².